The van der Waals surface area contributed by atoms with Crippen LogP contribution >= 0.6 is 11.3 Å². The van der Waals surface area contributed by atoms with Crippen LogP contribution in [0, 0.1) is 12.3 Å². The summed E-state index contributed by atoms with van der Waals surface area (Å²) in [6.45, 7) is 9.46. The molecule has 0 atom stereocenters. The molecule has 3 rings (SSSR count). The van der Waals surface area contributed by atoms with Gasteiger partial charge in [-0.05, 0) is 46.9 Å². The van der Waals surface area contributed by atoms with Crippen molar-refractivity contribution in [1.29, 1.82) is 0 Å². The lowest BCUT2D eigenvalue weighted by Gasteiger charge is -2.32. The van der Waals surface area contributed by atoms with Crippen LogP contribution in [0.4, 0.5) is 0 Å². The summed E-state index contributed by atoms with van der Waals surface area (Å²) in [5, 5.41) is 1.74. The Labute approximate surface area is 171 Å². The fourth-order valence-corrected chi connectivity index (χ4v) is 5.42. The molecule has 0 fully saturated rings. The molecule has 0 aromatic carbocycles. The van der Waals surface area contributed by atoms with Gasteiger partial charge in [0.15, 0.2) is 0 Å². The maximum Gasteiger partial charge on any atom is 0.250 e. The molecule has 1 aliphatic rings. The second-order valence-corrected chi connectivity index (χ2v) is 11.3. The Morgan fingerprint density at radius 1 is 1.36 bits per heavy atom. The molecular weight excluding hydrogens is 394 g/mol. The Hall–Kier alpha value is -1.77. The third-order valence-corrected chi connectivity index (χ3v) is 7.63. The molecule has 0 bridgehead atoms. The maximum absolute atomic E-state index is 12.6. The van der Waals surface area contributed by atoms with Gasteiger partial charge in [0.1, 0.15) is 4.21 Å². The number of aryl methyl sites for hydroxylation is 1. The van der Waals surface area contributed by atoms with Crippen LogP contribution in [0.15, 0.2) is 27.9 Å². The summed E-state index contributed by atoms with van der Waals surface area (Å²) in [6.07, 6.45) is 3.04. The van der Waals surface area contributed by atoms with Crippen LogP contribution in [0.3, 0.4) is 0 Å². The zero-order valence-electron chi connectivity index (χ0n) is 16.8. The first-order chi connectivity index (χ1) is 13.1. The molecule has 0 saturated carbocycles. The number of aromatic nitrogens is 1. The zero-order chi connectivity index (χ0) is 20.5. The number of pyridine rings is 1. The van der Waals surface area contributed by atoms with Crippen molar-refractivity contribution in [3.8, 4) is 0 Å². The number of thiophene rings is 1. The van der Waals surface area contributed by atoms with Gasteiger partial charge in [0.25, 0.3) is 0 Å². The quantitative estimate of drug-likeness (QED) is 0.804. The molecule has 28 heavy (non-hydrogen) atoms. The van der Waals surface area contributed by atoms with Gasteiger partial charge in [-0.1, -0.05) is 26.8 Å². The second kappa shape index (κ2) is 7.93. The highest BCUT2D eigenvalue weighted by Crippen LogP contribution is 2.27. The van der Waals surface area contributed by atoms with Crippen molar-refractivity contribution >= 4 is 27.3 Å². The number of nitrogens with one attached hydrogen (secondary N) is 1. The van der Waals surface area contributed by atoms with Crippen molar-refractivity contribution in [2.45, 2.75) is 57.8 Å². The van der Waals surface area contributed by atoms with E-state index in [1.807, 2.05) is 18.0 Å². The summed E-state index contributed by atoms with van der Waals surface area (Å²) in [7, 11) is -3.53. The summed E-state index contributed by atoms with van der Waals surface area (Å²) < 4.78 is 27.9. The second-order valence-electron chi connectivity index (χ2n) is 8.39. The minimum atomic E-state index is -3.53. The minimum Gasteiger partial charge on any atom is -0.338 e. The number of rotatable bonds is 5. The van der Waals surface area contributed by atoms with E-state index in [-0.39, 0.29) is 17.9 Å². The molecule has 1 N–H and O–H groups in total. The standard InChI is InChI=1S/C20H27N3O3S2/c1-14-17(12-22-28(25,26)19-6-5-9-27-19)16-7-8-23(13-15(16)11-21-14)18(24)10-20(2,3)4/h5-6,9,11,22H,7-8,10,12-13H2,1-4H3. The molecule has 6 nitrogen and oxygen atoms in total. The van der Waals surface area contributed by atoms with E-state index in [1.165, 1.54) is 11.3 Å². The topological polar surface area (TPSA) is 79.4 Å². The predicted octanol–water partition coefficient (Wildman–Crippen LogP) is 3.25. The molecule has 0 spiro atoms. The number of carbonyl (C=O) groups excluding carboxylic acids is 1. The smallest absolute Gasteiger partial charge is 0.250 e. The molecule has 3 heterocycles. The van der Waals surface area contributed by atoms with Crippen LogP contribution in [0.25, 0.3) is 0 Å². The minimum absolute atomic E-state index is 0.0475. The van der Waals surface area contributed by atoms with E-state index in [0.29, 0.717) is 30.1 Å². The Kier molecular flexibility index (Phi) is 5.93. The number of amides is 1. The van der Waals surface area contributed by atoms with Crippen LogP contribution in [0.2, 0.25) is 0 Å². The first-order valence-corrected chi connectivity index (χ1v) is 11.7. The fraction of sp³-hybridized carbons (Fsp3) is 0.500. The third-order valence-electron chi connectivity index (χ3n) is 4.83. The van der Waals surface area contributed by atoms with Gasteiger partial charge in [-0.25, -0.2) is 13.1 Å². The molecule has 2 aromatic heterocycles. The number of fused-ring (bicyclic) bond motifs is 1. The van der Waals surface area contributed by atoms with Gasteiger partial charge in [0, 0.05) is 37.9 Å². The van der Waals surface area contributed by atoms with Gasteiger partial charge >= 0.3 is 0 Å². The number of sulfonamides is 1. The lowest BCUT2D eigenvalue weighted by atomic mass is 9.90. The molecule has 8 heteroatoms. The molecule has 0 radical (unpaired) electrons. The van der Waals surface area contributed by atoms with Crippen molar-refractivity contribution in [3.05, 3.63) is 46.1 Å². The van der Waals surface area contributed by atoms with E-state index < -0.39 is 10.0 Å². The largest absolute Gasteiger partial charge is 0.338 e. The van der Waals surface area contributed by atoms with Crippen LogP contribution < -0.4 is 4.72 Å². The SMILES string of the molecule is Cc1ncc2c(c1CNS(=O)(=O)c1cccs1)CCN(C(=O)CC(C)(C)C)C2. The Morgan fingerprint density at radius 3 is 2.75 bits per heavy atom. The predicted molar refractivity (Wildman–Crippen MR) is 111 cm³/mol. The molecule has 1 aliphatic heterocycles. The van der Waals surface area contributed by atoms with Crippen LogP contribution in [-0.2, 0) is 34.3 Å². The van der Waals surface area contributed by atoms with E-state index in [2.05, 4.69) is 30.5 Å². The molecule has 0 aliphatic carbocycles. The molecular formula is C20H27N3O3S2. The van der Waals surface area contributed by atoms with Crippen molar-refractivity contribution in [2.24, 2.45) is 5.41 Å². The van der Waals surface area contributed by atoms with Crippen LogP contribution in [0.5, 0.6) is 0 Å². The molecule has 2 aromatic rings. The van der Waals surface area contributed by atoms with Crippen molar-refractivity contribution in [2.75, 3.05) is 6.54 Å². The van der Waals surface area contributed by atoms with Gasteiger partial charge in [-0.15, -0.1) is 11.3 Å². The normalized spacial score (nSPS) is 14.8. The van der Waals surface area contributed by atoms with E-state index >= 15 is 0 Å². The lowest BCUT2D eigenvalue weighted by Crippen LogP contribution is -2.38. The summed E-state index contributed by atoms with van der Waals surface area (Å²) in [5.74, 6) is 0.152. The van der Waals surface area contributed by atoms with Crippen molar-refractivity contribution in [1.82, 2.24) is 14.6 Å². The highest BCUT2D eigenvalue weighted by molar-refractivity contribution is 7.91. The van der Waals surface area contributed by atoms with E-state index in [0.717, 1.165) is 22.4 Å². The first-order valence-electron chi connectivity index (χ1n) is 9.34. The Morgan fingerprint density at radius 2 is 2.11 bits per heavy atom. The summed E-state index contributed by atoms with van der Waals surface area (Å²) in [6, 6.07) is 3.32. The summed E-state index contributed by atoms with van der Waals surface area (Å²) in [5.41, 5.74) is 3.81. The number of hydrogen-bond donors (Lipinski definition) is 1. The highest BCUT2D eigenvalue weighted by Gasteiger charge is 2.27. The zero-order valence-corrected chi connectivity index (χ0v) is 18.4. The summed E-state index contributed by atoms with van der Waals surface area (Å²) in [4.78, 5) is 18.9. The number of carbonyl (C=O) groups is 1. The average Bonchev–Trinajstić information content (AvgIpc) is 3.14. The molecule has 1 amide bonds. The molecule has 152 valence electrons. The van der Waals surface area contributed by atoms with Gasteiger partial charge < -0.3 is 4.90 Å². The lowest BCUT2D eigenvalue weighted by molar-refractivity contribution is -0.134. The molecule has 0 unspecified atom stereocenters. The third kappa shape index (κ3) is 4.79. The van der Waals surface area contributed by atoms with E-state index in [1.54, 1.807) is 17.5 Å². The first kappa shape index (κ1) is 21.0. The number of nitrogens with zero attached hydrogens (tertiary/aromatic N) is 2. The maximum atomic E-state index is 12.6. The molecule has 0 saturated heterocycles. The van der Waals surface area contributed by atoms with Crippen LogP contribution in [0.1, 0.15) is 49.6 Å². The Bertz CT molecular complexity index is 961. The van der Waals surface area contributed by atoms with Gasteiger partial charge in [-0.2, -0.15) is 0 Å². The average molecular weight is 422 g/mol. The van der Waals surface area contributed by atoms with Crippen molar-refractivity contribution in [3.63, 3.8) is 0 Å². The fourth-order valence-electron chi connectivity index (χ4n) is 3.39. The van der Waals surface area contributed by atoms with Gasteiger partial charge in [0.05, 0.1) is 0 Å². The van der Waals surface area contributed by atoms with E-state index in [9.17, 15) is 13.2 Å². The Balaban J connectivity index is 1.77. The summed E-state index contributed by atoms with van der Waals surface area (Å²) >= 11 is 1.20. The highest BCUT2D eigenvalue weighted by atomic mass is 32.2. The van der Waals surface area contributed by atoms with Gasteiger partial charge in [0.2, 0.25) is 15.9 Å². The van der Waals surface area contributed by atoms with Crippen LogP contribution in [-0.4, -0.2) is 30.8 Å². The van der Waals surface area contributed by atoms with E-state index in [4.69, 9.17) is 0 Å². The van der Waals surface area contributed by atoms with Gasteiger partial charge in [-0.3, -0.25) is 9.78 Å². The number of hydrogen-bond acceptors (Lipinski definition) is 5. The van der Waals surface area contributed by atoms with Crippen molar-refractivity contribution < 1.29 is 13.2 Å². The monoisotopic (exact) mass is 421 g/mol.